The van der Waals surface area contributed by atoms with Crippen LogP contribution in [0.4, 0.5) is 0 Å². The van der Waals surface area contributed by atoms with E-state index in [0.29, 0.717) is 17.6 Å². The van der Waals surface area contributed by atoms with Crippen LogP contribution < -0.4 is 0 Å². The van der Waals surface area contributed by atoms with Gasteiger partial charge in [0.25, 0.3) is 0 Å². The maximum absolute atomic E-state index is 12.6. The fourth-order valence-corrected chi connectivity index (χ4v) is 3.69. The predicted octanol–water partition coefficient (Wildman–Crippen LogP) is 1.95. The van der Waals surface area contributed by atoms with Gasteiger partial charge in [0, 0.05) is 12.0 Å². The quantitative estimate of drug-likeness (QED) is 0.439. The van der Waals surface area contributed by atoms with Crippen LogP contribution in [0.3, 0.4) is 0 Å². The van der Waals surface area contributed by atoms with Crippen LogP contribution in [-0.2, 0) is 14.0 Å². The van der Waals surface area contributed by atoms with E-state index >= 15 is 0 Å². The molecule has 130 valence electrons. The lowest BCUT2D eigenvalue weighted by Crippen LogP contribution is -2.45. The molecular weight excluding hydrogens is 312 g/mol. The summed E-state index contributed by atoms with van der Waals surface area (Å²) < 4.78 is 11.6. The van der Waals surface area contributed by atoms with Crippen LogP contribution >= 0.6 is 0 Å². The third-order valence-corrected chi connectivity index (χ3v) is 9.94. The zero-order valence-electron chi connectivity index (χ0n) is 14.7. The Hall–Kier alpha value is -0.793. The molecule has 2 aliphatic rings. The van der Waals surface area contributed by atoms with Crippen molar-refractivity contribution < 1.29 is 24.2 Å². The van der Waals surface area contributed by atoms with Gasteiger partial charge in [0.1, 0.15) is 11.7 Å². The summed E-state index contributed by atoms with van der Waals surface area (Å²) in [5, 5.41) is 20.2. The third-order valence-electron chi connectivity index (χ3n) is 5.46. The Morgan fingerprint density at radius 3 is 2.52 bits per heavy atom. The zero-order valence-corrected chi connectivity index (χ0v) is 15.7. The standard InChI is InChI=1S/C17H28O5Si/c1-7-8-17-14(20)11(9-18)12(13(19)15(17)22-17)10-21-23(5,6)16(2,3)4/h7,14-15,18,20H,1,8-10H2,2-6H3/t14-,15-,17+/m1/s1. The highest BCUT2D eigenvalue weighted by atomic mass is 28.4. The van der Waals surface area contributed by atoms with E-state index in [9.17, 15) is 15.0 Å². The molecule has 1 aliphatic heterocycles. The number of rotatable bonds is 6. The molecule has 2 rings (SSSR count). The van der Waals surface area contributed by atoms with Crippen LogP contribution in [0.25, 0.3) is 0 Å². The minimum atomic E-state index is -2.03. The smallest absolute Gasteiger partial charge is 0.193 e. The summed E-state index contributed by atoms with van der Waals surface area (Å²) in [4.78, 5) is 12.6. The van der Waals surface area contributed by atoms with Gasteiger partial charge in [-0.3, -0.25) is 4.79 Å². The van der Waals surface area contributed by atoms with Gasteiger partial charge in [-0.2, -0.15) is 0 Å². The second-order valence-corrected chi connectivity index (χ2v) is 12.7. The molecule has 1 heterocycles. The Bertz CT molecular complexity index is 546. The molecule has 0 radical (unpaired) electrons. The van der Waals surface area contributed by atoms with Crippen LogP contribution in [0.2, 0.25) is 18.1 Å². The summed E-state index contributed by atoms with van der Waals surface area (Å²) in [7, 11) is -2.03. The first-order valence-electron chi connectivity index (χ1n) is 7.99. The Morgan fingerprint density at radius 1 is 1.43 bits per heavy atom. The lowest BCUT2D eigenvalue weighted by molar-refractivity contribution is -0.117. The number of Topliss-reactive ketones (excluding diaryl/α,β-unsaturated/α-hetero) is 1. The monoisotopic (exact) mass is 340 g/mol. The molecule has 0 aromatic carbocycles. The molecule has 3 atom stereocenters. The number of aliphatic hydroxyl groups is 2. The molecule has 0 aromatic heterocycles. The fraction of sp³-hybridized carbons (Fsp3) is 0.706. The Morgan fingerprint density at radius 2 is 2.04 bits per heavy atom. The van der Waals surface area contributed by atoms with E-state index in [0.717, 1.165) is 0 Å². The van der Waals surface area contributed by atoms with Crippen LogP contribution in [0.1, 0.15) is 27.2 Å². The van der Waals surface area contributed by atoms with Crippen molar-refractivity contribution in [3.05, 3.63) is 23.8 Å². The molecular formula is C17H28O5Si. The first kappa shape index (κ1) is 18.5. The number of ether oxygens (including phenoxy) is 1. The summed E-state index contributed by atoms with van der Waals surface area (Å²) in [6.07, 6.45) is 0.364. The second kappa shape index (κ2) is 5.93. The maximum Gasteiger partial charge on any atom is 0.193 e. The summed E-state index contributed by atoms with van der Waals surface area (Å²) in [5.41, 5.74) is -0.242. The number of ketones is 1. The summed E-state index contributed by atoms with van der Waals surface area (Å²) in [6.45, 7) is 14.0. The van der Waals surface area contributed by atoms with Crippen molar-refractivity contribution >= 4 is 14.1 Å². The molecule has 23 heavy (non-hydrogen) atoms. The first-order chi connectivity index (χ1) is 10.5. The number of fused-ring (bicyclic) bond motifs is 1. The van der Waals surface area contributed by atoms with E-state index in [1.54, 1.807) is 6.08 Å². The van der Waals surface area contributed by atoms with Crippen molar-refractivity contribution in [3.8, 4) is 0 Å². The molecule has 0 unspecified atom stereocenters. The van der Waals surface area contributed by atoms with Gasteiger partial charge in [0.15, 0.2) is 20.2 Å². The van der Waals surface area contributed by atoms with Gasteiger partial charge >= 0.3 is 0 Å². The molecule has 1 saturated heterocycles. The predicted molar refractivity (Wildman–Crippen MR) is 90.7 cm³/mol. The summed E-state index contributed by atoms with van der Waals surface area (Å²) >= 11 is 0. The van der Waals surface area contributed by atoms with Crippen LogP contribution in [0.5, 0.6) is 0 Å². The minimum absolute atomic E-state index is 0.0198. The van der Waals surface area contributed by atoms with Crippen molar-refractivity contribution in [1.82, 2.24) is 0 Å². The maximum atomic E-state index is 12.6. The number of carbonyl (C=O) groups excluding carboxylic acids is 1. The minimum Gasteiger partial charge on any atom is -0.412 e. The molecule has 0 amide bonds. The van der Waals surface area contributed by atoms with Crippen molar-refractivity contribution in [3.63, 3.8) is 0 Å². The molecule has 0 aromatic rings. The normalized spacial score (nSPS) is 31.2. The lowest BCUT2D eigenvalue weighted by atomic mass is 9.79. The zero-order chi connectivity index (χ0) is 17.6. The van der Waals surface area contributed by atoms with Crippen molar-refractivity contribution in [2.24, 2.45) is 0 Å². The Balaban J connectivity index is 2.25. The van der Waals surface area contributed by atoms with Gasteiger partial charge in [0.05, 0.1) is 13.2 Å². The average molecular weight is 340 g/mol. The van der Waals surface area contributed by atoms with Crippen molar-refractivity contribution in [1.29, 1.82) is 0 Å². The number of carbonyl (C=O) groups is 1. The van der Waals surface area contributed by atoms with Crippen molar-refractivity contribution in [2.75, 3.05) is 13.2 Å². The molecule has 0 bridgehead atoms. The number of hydrogen-bond donors (Lipinski definition) is 2. The fourth-order valence-electron chi connectivity index (χ4n) is 2.75. The summed E-state index contributed by atoms with van der Waals surface area (Å²) in [6, 6.07) is 0. The molecule has 0 saturated carbocycles. The molecule has 2 N–H and O–H groups in total. The highest BCUT2D eigenvalue weighted by Crippen LogP contribution is 2.50. The van der Waals surface area contributed by atoms with Crippen LogP contribution in [-0.4, -0.2) is 55.3 Å². The van der Waals surface area contributed by atoms with Gasteiger partial charge in [-0.05, 0) is 23.7 Å². The van der Waals surface area contributed by atoms with E-state index in [-0.39, 0.29) is 24.0 Å². The lowest BCUT2D eigenvalue weighted by Gasteiger charge is -2.37. The van der Waals surface area contributed by atoms with Gasteiger partial charge in [0.2, 0.25) is 0 Å². The van der Waals surface area contributed by atoms with E-state index in [1.165, 1.54) is 0 Å². The topological polar surface area (TPSA) is 79.3 Å². The van der Waals surface area contributed by atoms with Crippen molar-refractivity contribution in [2.45, 2.75) is 63.1 Å². The third kappa shape index (κ3) is 2.98. The van der Waals surface area contributed by atoms with Gasteiger partial charge < -0.3 is 19.4 Å². The molecule has 1 aliphatic carbocycles. The average Bonchev–Trinajstić information content (AvgIpc) is 3.16. The number of aliphatic hydroxyl groups excluding tert-OH is 2. The van der Waals surface area contributed by atoms with Crippen LogP contribution in [0.15, 0.2) is 23.8 Å². The SMILES string of the molecule is C=CC[C@@]12O[C@@H]1C(=O)C(CO[Si](C)(C)C(C)(C)C)=C(CO)[C@H]2O. The van der Waals surface area contributed by atoms with Gasteiger partial charge in [-0.15, -0.1) is 6.58 Å². The van der Waals surface area contributed by atoms with E-state index in [1.807, 2.05) is 0 Å². The van der Waals surface area contributed by atoms with Gasteiger partial charge in [-0.1, -0.05) is 26.8 Å². The highest BCUT2D eigenvalue weighted by molar-refractivity contribution is 6.74. The molecule has 5 nitrogen and oxygen atoms in total. The van der Waals surface area contributed by atoms with E-state index in [4.69, 9.17) is 9.16 Å². The first-order valence-corrected chi connectivity index (χ1v) is 10.9. The Kier molecular flexibility index (Phi) is 4.78. The number of hydrogen-bond acceptors (Lipinski definition) is 5. The van der Waals surface area contributed by atoms with E-state index in [2.05, 4.69) is 40.4 Å². The second-order valence-electron chi connectivity index (χ2n) is 7.92. The largest absolute Gasteiger partial charge is 0.412 e. The van der Waals surface area contributed by atoms with Crippen LogP contribution in [0, 0.1) is 0 Å². The summed E-state index contributed by atoms with van der Waals surface area (Å²) in [5.74, 6) is -0.181. The van der Waals surface area contributed by atoms with E-state index < -0.39 is 26.1 Å². The number of epoxide rings is 1. The molecule has 6 heteroatoms. The highest BCUT2D eigenvalue weighted by Gasteiger charge is 2.68. The molecule has 1 fully saturated rings. The Labute approximate surface area is 139 Å². The van der Waals surface area contributed by atoms with Gasteiger partial charge in [-0.25, -0.2) is 0 Å². The molecule has 0 spiro atoms.